The second kappa shape index (κ2) is 10.2. The molecule has 0 radical (unpaired) electrons. The number of nitrogens with two attached hydrogens (primary N) is 1. The molecular weight excluding hydrogens is 498 g/mol. The van der Waals surface area contributed by atoms with Gasteiger partial charge < -0.3 is 15.2 Å². The van der Waals surface area contributed by atoms with Crippen LogP contribution in [0, 0.1) is 5.92 Å². The maximum atomic E-state index is 12.7. The van der Waals surface area contributed by atoms with Gasteiger partial charge in [0.1, 0.15) is 34.9 Å². The molecule has 39 heavy (non-hydrogen) atoms. The van der Waals surface area contributed by atoms with Crippen molar-refractivity contribution in [1.29, 1.82) is 0 Å². The molecule has 4 aromatic rings. The minimum Gasteiger partial charge on any atom is -0.457 e. The molecule has 1 saturated carbocycles. The molecule has 3 N–H and O–H groups in total. The average molecular weight is 530 g/mol. The zero-order valence-electron chi connectivity index (χ0n) is 22.3. The Kier molecular flexibility index (Phi) is 6.81. The van der Waals surface area contributed by atoms with Crippen molar-refractivity contribution in [2.45, 2.75) is 45.3 Å². The Morgan fingerprint density at radius 1 is 1.03 bits per heavy atom. The van der Waals surface area contributed by atoms with Crippen LogP contribution in [0.2, 0.25) is 0 Å². The molecule has 2 aromatic heterocycles. The summed E-state index contributed by atoms with van der Waals surface area (Å²) in [5, 5.41) is 6.59. The van der Waals surface area contributed by atoms with Crippen molar-refractivity contribution in [3.8, 4) is 22.8 Å². The van der Waals surface area contributed by atoms with E-state index in [1.54, 1.807) is 20.8 Å². The van der Waals surface area contributed by atoms with Crippen molar-refractivity contribution in [2.24, 2.45) is 5.92 Å². The van der Waals surface area contributed by atoms with E-state index in [4.69, 9.17) is 20.3 Å². The fraction of sp³-hybridized carbons (Fsp3) is 0.321. The highest BCUT2D eigenvalue weighted by atomic mass is 16.6. The monoisotopic (exact) mass is 529 g/mol. The molecule has 11 heteroatoms. The van der Waals surface area contributed by atoms with Gasteiger partial charge in [-0.15, -0.1) is 0 Å². The molecule has 0 unspecified atom stereocenters. The predicted molar refractivity (Wildman–Crippen MR) is 146 cm³/mol. The van der Waals surface area contributed by atoms with Crippen LogP contribution in [0.15, 0.2) is 60.9 Å². The Balaban J connectivity index is 1.31. The highest BCUT2D eigenvalue weighted by Crippen LogP contribution is 2.41. The van der Waals surface area contributed by atoms with Gasteiger partial charge in [0.05, 0.1) is 11.4 Å². The average Bonchev–Trinajstić information content (AvgIpc) is 3.24. The lowest BCUT2D eigenvalue weighted by atomic mass is 9.80. The highest BCUT2D eigenvalue weighted by molar-refractivity contribution is 5.98. The number of nitrogens with one attached hydrogen (secondary N) is 1. The zero-order valence-corrected chi connectivity index (χ0v) is 22.3. The Bertz CT molecular complexity index is 1490. The number of ether oxygens (including phenoxy) is 2. The third-order valence-electron chi connectivity index (χ3n) is 6.40. The lowest BCUT2D eigenvalue weighted by Gasteiger charge is -2.35. The number of carbonyl (C=O) groups excluding carboxylic acids is 2. The zero-order chi connectivity index (χ0) is 27.7. The molecule has 1 fully saturated rings. The first-order valence-electron chi connectivity index (χ1n) is 12.7. The van der Waals surface area contributed by atoms with Gasteiger partial charge in [-0.3, -0.25) is 10.2 Å². The number of hydrogen-bond acceptors (Lipinski definition) is 8. The molecule has 202 valence electrons. The van der Waals surface area contributed by atoms with Crippen molar-refractivity contribution in [2.75, 3.05) is 12.8 Å². The van der Waals surface area contributed by atoms with Gasteiger partial charge in [0, 0.05) is 18.5 Å². The van der Waals surface area contributed by atoms with Gasteiger partial charge in [0.15, 0.2) is 5.65 Å². The Morgan fingerprint density at radius 3 is 2.36 bits per heavy atom. The van der Waals surface area contributed by atoms with Crippen LogP contribution in [0.1, 0.15) is 39.7 Å². The summed E-state index contributed by atoms with van der Waals surface area (Å²) in [6.07, 6.45) is 1.87. The summed E-state index contributed by atoms with van der Waals surface area (Å²) in [4.78, 5) is 33.6. The van der Waals surface area contributed by atoms with Crippen LogP contribution in [0.4, 0.5) is 10.6 Å². The standard InChI is InChI=1S/C28H31N7O4/c1-28(2,3)39-27(37)34(4)33-26(36)18-14-19(15-18)35-25-22(24(29)30-16-31-25)23(32-35)17-10-12-21(13-11-17)38-20-8-6-5-7-9-20/h5-13,16,18-19H,14-15H2,1-4H3,(H,33,36)(H2,29,30,31). The number of rotatable bonds is 5. The Labute approximate surface area is 225 Å². The summed E-state index contributed by atoms with van der Waals surface area (Å²) in [5.41, 5.74) is 10.3. The molecule has 5 rings (SSSR count). The third-order valence-corrected chi connectivity index (χ3v) is 6.40. The minimum absolute atomic E-state index is 0.0566. The molecule has 1 aliphatic rings. The Hall–Kier alpha value is -4.67. The van der Waals surface area contributed by atoms with Crippen molar-refractivity contribution in [3.05, 3.63) is 60.9 Å². The summed E-state index contributed by atoms with van der Waals surface area (Å²) >= 11 is 0. The first-order valence-corrected chi connectivity index (χ1v) is 12.7. The second-order valence-corrected chi connectivity index (χ2v) is 10.5. The van der Waals surface area contributed by atoms with Gasteiger partial charge in [0.2, 0.25) is 5.91 Å². The lowest BCUT2D eigenvalue weighted by molar-refractivity contribution is -0.133. The number of anilines is 1. The molecule has 0 aliphatic heterocycles. The quantitative estimate of drug-likeness (QED) is 0.354. The van der Waals surface area contributed by atoms with Gasteiger partial charge in [-0.1, -0.05) is 18.2 Å². The number of fused-ring (bicyclic) bond motifs is 1. The molecular formula is C28H31N7O4. The van der Waals surface area contributed by atoms with E-state index in [1.165, 1.54) is 13.4 Å². The van der Waals surface area contributed by atoms with Crippen LogP contribution in [0.5, 0.6) is 11.5 Å². The molecule has 1 aliphatic carbocycles. The molecule has 2 heterocycles. The number of nitrogens with zero attached hydrogens (tertiary/aromatic N) is 5. The number of hydrazine groups is 1. The fourth-order valence-electron chi connectivity index (χ4n) is 4.39. The summed E-state index contributed by atoms with van der Waals surface area (Å²) in [6, 6.07) is 17.1. The van der Waals surface area contributed by atoms with Crippen LogP contribution in [0.3, 0.4) is 0 Å². The minimum atomic E-state index is -0.657. The number of aromatic nitrogens is 4. The van der Waals surface area contributed by atoms with E-state index in [0.29, 0.717) is 41.1 Å². The Morgan fingerprint density at radius 2 is 1.69 bits per heavy atom. The number of hydrogen-bond donors (Lipinski definition) is 2. The van der Waals surface area contributed by atoms with Gasteiger partial charge in [-0.05, 0) is 70.0 Å². The largest absolute Gasteiger partial charge is 0.457 e. The van der Waals surface area contributed by atoms with Gasteiger partial charge >= 0.3 is 6.09 Å². The maximum Gasteiger partial charge on any atom is 0.428 e. The first kappa shape index (κ1) is 26.0. The van der Waals surface area contributed by atoms with E-state index in [0.717, 1.165) is 16.3 Å². The van der Waals surface area contributed by atoms with Crippen LogP contribution in [-0.4, -0.2) is 49.4 Å². The predicted octanol–water partition coefficient (Wildman–Crippen LogP) is 4.72. The van der Waals surface area contributed by atoms with E-state index in [1.807, 2.05) is 59.3 Å². The number of amides is 2. The van der Waals surface area contributed by atoms with E-state index >= 15 is 0 Å². The molecule has 0 bridgehead atoms. The third kappa shape index (κ3) is 5.62. The SMILES string of the molecule is CN(NC(=O)C1CC(n2nc(-c3ccc(Oc4ccccc4)cc3)c3c(N)ncnc32)C1)C(=O)OC(C)(C)C. The first-order chi connectivity index (χ1) is 18.6. The molecule has 0 spiro atoms. The van der Waals surface area contributed by atoms with Crippen LogP contribution in [-0.2, 0) is 9.53 Å². The van der Waals surface area contributed by atoms with Gasteiger partial charge in [0.25, 0.3) is 0 Å². The van der Waals surface area contributed by atoms with Gasteiger partial charge in [-0.25, -0.2) is 24.5 Å². The van der Waals surface area contributed by atoms with E-state index < -0.39 is 11.7 Å². The summed E-state index contributed by atoms with van der Waals surface area (Å²) < 4.78 is 13.0. The lowest BCUT2D eigenvalue weighted by Crippen LogP contribution is -2.50. The van der Waals surface area contributed by atoms with Crippen LogP contribution in [0.25, 0.3) is 22.3 Å². The summed E-state index contributed by atoms with van der Waals surface area (Å²) in [6.45, 7) is 5.30. The molecule has 0 saturated heterocycles. The van der Waals surface area contributed by atoms with Crippen LogP contribution >= 0.6 is 0 Å². The van der Waals surface area contributed by atoms with Crippen LogP contribution < -0.4 is 15.9 Å². The van der Waals surface area contributed by atoms with E-state index in [9.17, 15) is 9.59 Å². The highest BCUT2D eigenvalue weighted by Gasteiger charge is 2.38. The van der Waals surface area contributed by atoms with Crippen molar-refractivity contribution in [3.63, 3.8) is 0 Å². The number of nitrogen functional groups attached to an aromatic ring is 1. The van der Waals surface area contributed by atoms with Crippen molar-refractivity contribution >= 4 is 28.9 Å². The molecule has 11 nitrogen and oxygen atoms in total. The molecule has 0 atom stereocenters. The normalized spacial score (nSPS) is 16.8. The summed E-state index contributed by atoms with van der Waals surface area (Å²) in [5.74, 6) is 1.25. The van der Waals surface area contributed by atoms with Crippen molar-refractivity contribution in [1.82, 2.24) is 30.2 Å². The summed E-state index contributed by atoms with van der Waals surface area (Å²) in [7, 11) is 1.46. The van der Waals surface area contributed by atoms with E-state index in [-0.39, 0.29) is 17.9 Å². The topological polar surface area (TPSA) is 137 Å². The maximum absolute atomic E-state index is 12.7. The molecule has 2 aromatic carbocycles. The number of para-hydroxylation sites is 1. The fourth-order valence-corrected chi connectivity index (χ4v) is 4.39. The number of benzene rings is 2. The number of carbonyl (C=O) groups is 2. The smallest absolute Gasteiger partial charge is 0.428 e. The van der Waals surface area contributed by atoms with Crippen molar-refractivity contribution < 1.29 is 19.1 Å². The second-order valence-electron chi connectivity index (χ2n) is 10.5. The van der Waals surface area contributed by atoms with E-state index in [2.05, 4.69) is 15.4 Å². The van der Waals surface area contributed by atoms with Gasteiger partial charge in [-0.2, -0.15) is 5.10 Å². The molecule has 2 amide bonds.